The molecule has 0 radical (unpaired) electrons. The third kappa shape index (κ3) is 13.3. The second kappa shape index (κ2) is 23.7. The van der Waals surface area contributed by atoms with Crippen molar-refractivity contribution in [2.45, 2.75) is 256 Å². The minimum Gasteiger partial charge on any atom is -0.481 e. The molecule has 2 N–H and O–H groups in total. The van der Waals surface area contributed by atoms with Crippen LogP contribution in [0.5, 0.6) is 0 Å². The molecule has 370 valence electrons. The van der Waals surface area contributed by atoms with Crippen LogP contribution in [0.1, 0.15) is 219 Å². The Hall–Kier alpha value is -1.75. The maximum atomic E-state index is 13.4. The molecule has 65 heavy (non-hydrogen) atoms. The third-order valence-corrected chi connectivity index (χ3v) is 19.7. The van der Waals surface area contributed by atoms with Gasteiger partial charge in [0.15, 0.2) is 0 Å². The van der Waals surface area contributed by atoms with Gasteiger partial charge < -0.3 is 24.4 Å². The van der Waals surface area contributed by atoms with Crippen molar-refractivity contribution in [1.29, 1.82) is 0 Å². The maximum Gasteiger partial charge on any atom is 0.310 e. The maximum absolute atomic E-state index is 13.4. The molecule has 0 spiro atoms. The van der Waals surface area contributed by atoms with Crippen molar-refractivity contribution in [1.82, 2.24) is 0 Å². The van der Waals surface area contributed by atoms with Crippen LogP contribution in [-0.4, -0.2) is 71.4 Å². The predicted octanol–water partition coefficient (Wildman–Crippen LogP) is 12.7. The van der Waals surface area contributed by atoms with E-state index in [4.69, 9.17) is 24.0 Å². The number of aliphatic carboxylic acids is 2. The first-order chi connectivity index (χ1) is 31.5. The second-order valence-electron chi connectivity index (χ2n) is 23.9. The molecule has 10 nitrogen and oxygen atoms in total. The van der Waals surface area contributed by atoms with Gasteiger partial charge in [0.2, 0.25) is 0 Å². The van der Waals surface area contributed by atoms with Gasteiger partial charge in [0.05, 0.1) is 54.9 Å². The second-order valence-corrected chi connectivity index (χ2v) is 23.9. The average molecular weight is 911 g/mol. The monoisotopic (exact) mass is 911 g/mol. The summed E-state index contributed by atoms with van der Waals surface area (Å²) in [5, 5.41) is 20.2. The lowest BCUT2D eigenvalue weighted by molar-refractivity contribution is -0.338. The Bertz CT molecular complexity index is 1470. The van der Waals surface area contributed by atoms with Crippen LogP contribution < -0.4 is 0 Å². The Morgan fingerprint density at radius 1 is 0.431 bits per heavy atom. The van der Waals surface area contributed by atoms with Crippen molar-refractivity contribution in [3.8, 4) is 0 Å². The molecule has 8 rings (SSSR count). The van der Waals surface area contributed by atoms with Crippen molar-refractivity contribution in [3.05, 3.63) is 0 Å². The van der Waals surface area contributed by atoms with Crippen molar-refractivity contribution in [3.63, 3.8) is 0 Å². The molecular weight excluding hydrogens is 821 g/mol. The zero-order chi connectivity index (χ0) is 45.3. The summed E-state index contributed by atoms with van der Waals surface area (Å²) < 4.78 is 19.5. The van der Waals surface area contributed by atoms with Crippen LogP contribution >= 0.6 is 0 Å². The highest BCUT2D eigenvalue weighted by Gasteiger charge is 2.45. The minimum atomic E-state index is -0.823. The summed E-state index contributed by atoms with van der Waals surface area (Å²) in [6.45, 7) is 5.45. The van der Waals surface area contributed by atoms with Crippen LogP contribution in [0.3, 0.4) is 0 Å². The molecule has 0 aliphatic heterocycles. The van der Waals surface area contributed by atoms with E-state index in [-0.39, 0.29) is 36.1 Å². The van der Waals surface area contributed by atoms with Gasteiger partial charge in [-0.2, -0.15) is 0 Å². The fraction of sp³-hybridized carbons (Fsp3) is 0.945. The molecular formula is C55H90O10. The number of carbonyl (C=O) groups excluding carboxylic acids is 1. The molecule has 0 aromatic rings. The minimum absolute atomic E-state index is 0.0451. The topological polar surface area (TPSA) is 138 Å². The molecule has 6 unspecified atom stereocenters. The van der Waals surface area contributed by atoms with Crippen LogP contribution in [0, 0.1) is 64.6 Å². The Morgan fingerprint density at radius 3 is 1.32 bits per heavy atom. The third-order valence-electron chi connectivity index (χ3n) is 19.7. The van der Waals surface area contributed by atoms with Crippen LogP contribution in [0.15, 0.2) is 0 Å². The fourth-order valence-electron chi connectivity index (χ4n) is 15.4. The van der Waals surface area contributed by atoms with Crippen LogP contribution in [0.2, 0.25) is 0 Å². The molecule has 0 aromatic carbocycles. The Balaban J connectivity index is 0.671. The van der Waals surface area contributed by atoms with Gasteiger partial charge in [0.1, 0.15) is 6.10 Å². The molecule has 8 fully saturated rings. The number of carboxylic acid groups (broad SMARTS) is 2. The van der Waals surface area contributed by atoms with Gasteiger partial charge in [-0.15, -0.1) is 0 Å². The predicted molar refractivity (Wildman–Crippen MR) is 250 cm³/mol. The van der Waals surface area contributed by atoms with Crippen LogP contribution in [0.25, 0.3) is 0 Å². The first kappa shape index (κ1) is 49.7. The molecule has 0 saturated heterocycles. The van der Waals surface area contributed by atoms with E-state index < -0.39 is 23.8 Å². The Kier molecular flexibility index (Phi) is 18.1. The van der Waals surface area contributed by atoms with Crippen molar-refractivity contribution < 1.29 is 48.6 Å². The SMILES string of the molecule is CC(C)(C1CCC(OC2CCC(OOCC3CCC(C4CCCCC4)CC3C(=O)O)CC2)CC1)C1CCC(OC2CCC(OC(=O)C3CCC(C4CCCCC4)CC3C(=O)O)CC2)CC1. The number of carboxylic acids is 2. The van der Waals surface area contributed by atoms with Crippen molar-refractivity contribution >= 4 is 17.9 Å². The molecule has 8 aliphatic carbocycles. The smallest absolute Gasteiger partial charge is 0.310 e. The fourth-order valence-corrected chi connectivity index (χ4v) is 15.4. The number of carbonyl (C=O) groups is 3. The summed E-state index contributed by atoms with van der Waals surface area (Å²) in [7, 11) is 0. The average Bonchev–Trinajstić information content (AvgIpc) is 3.33. The van der Waals surface area contributed by atoms with Gasteiger partial charge in [-0.1, -0.05) is 78.1 Å². The summed E-state index contributed by atoms with van der Waals surface area (Å²) >= 11 is 0. The molecule has 6 atom stereocenters. The van der Waals surface area contributed by atoms with Crippen LogP contribution in [-0.2, 0) is 38.4 Å². The van der Waals surface area contributed by atoms with Gasteiger partial charge in [-0.05, 0) is 188 Å². The highest BCUT2D eigenvalue weighted by molar-refractivity contribution is 5.81. The highest BCUT2D eigenvalue weighted by Crippen LogP contribution is 2.50. The van der Waals surface area contributed by atoms with Gasteiger partial charge >= 0.3 is 17.9 Å². The van der Waals surface area contributed by atoms with E-state index in [0.29, 0.717) is 60.9 Å². The van der Waals surface area contributed by atoms with E-state index in [2.05, 4.69) is 13.8 Å². The molecule has 8 saturated carbocycles. The van der Waals surface area contributed by atoms with E-state index in [1.807, 2.05) is 0 Å². The summed E-state index contributed by atoms with van der Waals surface area (Å²) in [4.78, 5) is 49.6. The van der Waals surface area contributed by atoms with Gasteiger partial charge in [-0.25, -0.2) is 9.78 Å². The largest absolute Gasteiger partial charge is 0.481 e. The highest BCUT2D eigenvalue weighted by atomic mass is 17.2. The van der Waals surface area contributed by atoms with Gasteiger partial charge in [0, 0.05) is 0 Å². The van der Waals surface area contributed by atoms with Crippen LogP contribution in [0.4, 0.5) is 0 Å². The number of hydrogen-bond acceptors (Lipinski definition) is 8. The molecule has 0 heterocycles. The summed E-state index contributed by atoms with van der Waals surface area (Å²) in [6, 6.07) is 0. The van der Waals surface area contributed by atoms with E-state index in [9.17, 15) is 24.6 Å². The van der Waals surface area contributed by atoms with Gasteiger partial charge in [0.25, 0.3) is 0 Å². The Morgan fingerprint density at radius 2 is 0.846 bits per heavy atom. The number of rotatable bonds is 16. The Labute approximate surface area is 392 Å². The summed E-state index contributed by atoms with van der Waals surface area (Å²) in [6.07, 6.45) is 35.8. The lowest BCUT2D eigenvalue weighted by Gasteiger charge is -2.47. The first-order valence-corrected chi connectivity index (χ1v) is 27.7. The number of esters is 1. The molecule has 0 aromatic heterocycles. The van der Waals surface area contributed by atoms with E-state index in [1.165, 1.54) is 89.9 Å². The molecule has 10 heteroatoms. The number of hydrogen-bond donors (Lipinski definition) is 2. The van der Waals surface area contributed by atoms with E-state index in [0.717, 1.165) is 120 Å². The summed E-state index contributed by atoms with van der Waals surface area (Å²) in [5.74, 6) is 0.674. The first-order valence-electron chi connectivity index (χ1n) is 27.7. The van der Waals surface area contributed by atoms with E-state index >= 15 is 0 Å². The van der Waals surface area contributed by atoms with Crippen molar-refractivity contribution in [2.75, 3.05) is 6.61 Å². The van der Waals surface area contributed by atoms with E-state index in [1.54, 1.807) is 0 Å². The van der Waals surface area contributed by atoms with Crippen molar-refractivity contribution in [2.24, 2.45) is 64.6 Å². The molecule has 8 aliphatic rings. The normalized spacial score (nSPS) is 39.6. The quantitative estimate of drug-likeness (QED) is 0.0874. The molecule has 0 bridgehead atoms. The standard InChI is InChI=1S/C55H90O10/c1-55(2,41-16-20-43(21-17-41)62-45-24-26-47(27-25-45)64-54(60)49-32-15-39(34-51(49)53(58)59)37-11-7-4-8-12-37)42-18-22-44(23-19-42)63-46-28-30-48(31-29-46)65-61-35-40-14-13-38(33-50(40)52(56)57)36-9-5-3-6-10-36/h36-51H,3-35H2,1-2H3,(H,56,57)(H,58,59). The van der Waals surface area contributed by atoms with Gasteiger partial charge in [-0.3, -0.25) is 14.4 Å². The lowest BCUT2D eigenvalue weighted by Crippen LogP contribution is -2.41. The molecule has 0 amide bonds. The number of ether oxygens (including phenoxy) is 3. The lowest BCUT2D eigenvalue weighted by atomic mass is 9.60. The summed E-state index contributed by atoms with van der Waals surface area (Å²) in [5.41, 5.74) is 0.307. The zero-order valence-corrected chi connectivity index (χ0v) is 40.7. The zero-order valence-electron chi connectivity index (χ0n) is 40.7.